The molecule has 154 valence electrons. The first-order valence-corrected chi connectivity index (χ1v) is 11.1. The quantitative estimate of drug-likeness (QED) is 0.583. The fourth-order valence-electron chi connectivity index (χ4n) is 4.23. The normalized spacial score (nSPS) is 20.4. The Morgan fingerprint density at radius 3 is 2.73 bits per heavy atom. The van der Waals surface area contributed by atoms with Gasteiger partial charge in [-0.3, -0.25) is 4.79 Å². The van der Waals surface area contributed by atoms with Gasteiger partial charge in [-0.1, -0.05) is 6.07 Å². The highest BCUT2D eigenvalue weighted by atomic mass is 79.9. The number of rotatable bonds is 4. The van der Waals surface area contributed by atoms with Crippen molar-refractivity contribution in [1.82, 2.24) is 14.8 Å². The van der Waals surface area contributed by atoms with Gasteiger partial charge in [-0.2, -0.15) is 10.1 Å². The number of Topliss-reactive ketones (excluding diaryl/α,β-unsaturated/α-hetero) is 1. The Balaban J connectivity index is 1.55. The summed E-state index contributed by atoms with van der Waals surface area (Å²) in [6.45, 7) is 0. The smallest absolute Gasteiger partial charge is 0.226 e. The Morgan fingerprint density at radius 2 is 2.00 bits per heavy atom. The molecule has 3 aromatic rings. The molecule has 1 N–H and O–H groups in total. The van der Waals surface area contributed by atoms with E-state index in [0.717, 1.165) is 25.5 Å². The summed E-state index contributed by atoms with van der Waals surface area (Å²) in [6, 6.07) is 9.63. The predicted molar refractivity (Wildman–Crippen MR) is 117 cm³/mol. The average Bonchev–Trinajstić information content (AvgIpc) is 3.40. The highest BCUT2D eigenvalue weighted by Gasteiger charge is 2.39. The van der Waals surface area contributed by atoms with E-state index in [4.69, 9.17) is 9.47 Å². The number of allylic oxidation sites excluding steroid dienone is 2. The maximum atomic E-state index is 13.4. The van der Waals surface area contributed by atoms with Gasteiger partial charge < -0.3 is 14.8 Å². The molecular weight excluding hydrogens is 468 g/mol. The van der Waals surface area contributed by atoms with E-state index in [2.05, 4.69) is 31.3 Å². The van der Waals surface area contributed by atoms with Crippen molar-refractivity contribution < 1.29 is 14.3 Å². The number of halogens is 1. The Bertz CT molecular complexity index is 1170. The minimum atomic E-state index is -0.256. The number of thiophene rings is 1. The van der Waals surface area contributed by atoms with Crippen LogP contribution in [0.4, 0.5) is 5.95 Å². The van der Waals surface area contributed by atoms with Gasteiger partial charge in [0.15, 0.2) is 17.3 Å². The van der Waals surface area contributed by atoms with Crippen LogP contribution < -0.4 is 14.8 Å². The topological polar surface area (TPSA) is 78.3 Å². The number of nitrogens with zero attached hydrogens (tertiary/aromatic N) is 3. The Kier molecular flexibility index (Phi) is 4.86. The molecule has 0 saturated heterocycles. The van der Waals surface area contributed by atoms with Gasteiger partial charge in [0.2, 0.25) is 5.95 Å². The van der Waals surface area contributed by atoms with Crippen LogP contribution in [-0.2, 0) is 4.79 Å². The third kappa shape index (κ3) is 3.13. The summed E-state index contributed by atoms with van der Waals surface area (Å²) >= 11 is 5.14. The molecule has 0 amide bonds. The average molecular weight is 487 g/mol. The van der Waals surface area contributed by atoms with Crippen molar-refractivity contribution in [2.24, 2.45) is 0 Å². The molecule has 0 bridgehead atoms. The number of hydrogen-bond donors (Lipinski definition) is 1. The molecule has 2 aliphatic rings. The van der Waals surface area contributed by atoms with Gasteiger partial charge >= 0.3 is 0 Å². The van der Waals surface area contributed by atoms with E-state index in [0.29, 0.717) is 30.3 Å². The number of fused-ring (bicyclic) bond motifs is 1. The second kappa shape index (κ2) is 7.55. The van der Waals surface area contributed by atoms with Crippen LogP contribution in [0.15, 0.2) is 51.7 Å². The van der Waals surface area contributed by atoms with E-state index in [1.165, 1.54) is 6.33 Å². The number of carbonyl (C=O) groups is 1. The molecule has 5 rings (SSSR count). The molecule has 1 aliphatic carbocycles. The summed E-state index contributed by atoms with van der Waals surface area (Å²) in [5.74, 6) is 2.17. The van der Waals surface area contributed by atoms with Crippen LogP contribution in [0.1, 0.15) is 35.2 Å². The van der Waals surface area contributed by atoms with Crippen molar-refractivity contribution in [3.8, 4) is 11.5 Å². The molecule has 0 fully saturated rings. The summed E-state index contributed by atoms with van der Waals surface area (Å²) in [4.78, 5) is 18.8. The summed E-state index contributed by atoms with van der Waals surface area (Å²) in [5.41, 5.74) is 2.75. The summed E-state index contributed by atoms with van der Waals surface area (Å²) < 4.78 is 13.6. The van der Waals surface area contributed by atoms with Gasteiger partial charge in [0.1, 0.15) is 12.4 Å². The fraction of sp³-hybridized carbons (Fsp3) is 0.286. The molecule has 2 atom stereocenters. The second-order valence-corrected chi connectivity index (χ2v) is 9.73. The first-order valence-electron chi connectivity index (χ1n) is 9.49. The Morgan fingerprint density at radius 1 is 1.17 bits per heavy atom. The number of aromatic nitrogens is 3. The summed E-state index contributed by atoms with van der Waals surface area (Å²) in [7, 11) is 3.23. The summed E-state index contributed by atoms with van der Waals surface area (Å²) in [5, 5.41) is 7.74. The molecular formula is C21H19BrN4O3S. The first-order chi connectivity index (χ1) is 14.6. The van der Waals surface area contributed by atoms with E-state index in [1.54, 1.807) is 30.2 Å². The molecule has 0 radical (unpaired) electrons. The standard InChI is InChI=1S/C21H19BrN4O3S/c1-28-15-4-3-11(9-16(15)29-2)12-7-13-19(14(27)8-12)20(17-5-6-18(22)30-17)26-21(25-13)23-10-24-26/h3-6,9-10,12,20H,7-8H2,1-2H3,(H,23,24,25)/t12-,20-/m0/s1. The van der Waals surface area contributed by atoms with Crippen LogP contribution in [0.2, 0.25) is 0 Å². The van der Waals surface area contributed by atoms with Gasteiger partial charge in [0, 0.05) is 22.6 Å². The molecule has 1 aliphatic heterocycles. The lowest BCUT2D eigenvalue weighted by Gasteiger charge is -2.34. The van der Waals surface area contributed by atoms with Gasteiger partial charge in [0.25, 0.3) is 0 Å². The Hall–Kier alpha value is -2.65. The van der Waals surface area contributed by atoms with E-state index >= 15 is 0 Å². The highest BCUT2D eigenvalue weighted by Crippen LogP contribution is 2.46. The number of carbonyl (C=O) groups excluding carboxylic acids is 1. The number of anilines is 1. The van der Waals surface area contributed by atoms with Gasteiger partial charge in [-0.15, -0.1) is 11.3 Å². The third-order valence-corrected chi connectivity index (χ3v) is 7.28. The number of benzene rings is 1. The van der Waals surface area contributed by atoms with Crippen LogP contribution >= 0.6 is 27.3 Å². The molecule has 0 saturated carbocycles. The number of hydrogen-bond acceptors (Lipinski definition) is 7. The number of nitrogens with one attached hydrogen (secondary N) is 1. The summed E-state index contributed by atoms with van der Waals surface area (Å²) in [6.07, 6.45) is 2.67. The largest absolute Gasteiger partial charge is 0.493 e. The predicted octanol–water partition coefficient (Wildman–Crippen LogP) is 4.54. The molecule has 2 aromatic heterocycles. The maximum absolute atomic E-state index is 13.4. The maximum Gasteiger partial charge on any atom is 0.226 e. The van der Waals surface area contributed by atoms with Crippen molar-refractivity contribution in [2.45, 2.75) is 24.8 Å². The van der Waals surface area contributed by atoms with E-state index < -0.39 is 0 Å². The number of methoxy groups -OCH3 is 2. The highest BCUT2D eigenvalue weighted by molar-refractivity contribution is 9.11. The third-order valence-electron chi connectivity index (χ3n) is 5.60. The SMILES string of the molecule is COc1ccc([C@@H]2CC(=O)C3=C(C2)Nc2ncnn2[C@H]3c2ccc(Br)s2)cc1OC. The van der Waals surface area contributed by atoms with Crippen molar-refractivity contribution in [1.29, 1.82) is 0 Å². The minimum absolute atomic E-state index is 0.0498. The van der Waals surface area contributed by atoms with E-state index in [1.807, 2.05) is 30.3 Å². The lowest BCUT2D eigenvalue weighted by molar-refractivity contribution is -0.116. The zero-order valence-electron chi connectivity index (χ0n) is 16.4. The van der Waals surface area contributed by atoms with Crippen LogP contribution in [0.5, 0.6) is 11.5 Å². The lowest BCUT2D eigenvalue weighted by Crippen LogP contribution is -2.33. The fourth-order valence-corrected chi connectivity index (χ4v) is 5.75. The van der Waals surface area contributed by atoms with Crippen LogP contribution in [0.3, 0.4) is 0 Å². The van der Waals surface area contributed by atoms with E-state index in [-0.39, 0.29) is 17.7 Å². The Labute approximate surface area is 185 Å². The molecule has 0 spiro atoms. The molecule has 0 unspecified atom stereocenters. The molecule has 3 heterocycles. The number of ether oxygens (including phenoxy) is 2. The van der Waals surface area contributed by atoms with E-state index in [9.17, 15) is 4.79 Å². The van der Waals surface area contributed by atoms with Crippen LogP contribution in [-0.4, -0.2) is 34.8 Å². The van der Waals surface area contributed by atoms with Crippen LogP contribution in [0.25, 0.3) is 0 Å². The minimum Gasteiger partial charge on any atom is -0.493 e. The molecule has 30 heavy (non-hydrogen) atoms. The molecule has 9 heteroatoms. The molecule has 1 aromatic carbocycles. The van der Waals surface area contributed by atoms with Gasteiger partial charge in [0.05, 0.1) is 18.0 Å². The van der Waals surface area contributed by atoms with Gasteiger partial charge in [-0.05, 0) is 58.1 Å². The van der Waals surface area contributed by atoms with Crippen molar-refractivity contribution >= 4 is 39.0 Å². The van der Waals surface area contributed by atoms with Crippen LogP contribution in [0, 0.1) is 0 Å². The second-order valence-electron chi connectivity index (χ2n) is 7.23. The lowest BCUT2D eigenvalue weighted by atomic mass is 9.79. The molecule has 7 nitrogen and oxygen atoms in total. The zero-order valence-corrected chi connectivity index (χ0v) is 18.8. The monoisotopic (exact) mass is 486 g/mol. The van der Waals surface area contributed by atoms with Crippen molar-refractivity contribution in [2.75, 3.05) is 19.5 Å². The zero-order chi connectivity index (χ0) is 20.8. The number of ketones is 1. The van der Waals surface area contributed by atoms with Crippen molar-refractivity contribution in [3.05, 3.63) is 62.2 Å². The van der Waals surface area contributed by atoms with Crippen molar-refractivity contribution in [3.63, 3.8) is 0 Å². The van der Waals surface area contributed by atoms with Gasteiger partial charge in [-0.25, -0.2) is 4.68 Å². The first kappa shape index (κ1) is 19.3.